The molecule has 0 saturated heterocycles. The number of carbonyl (C=O) groups excluding carboxylic acids is 1. The Hall–Kier alpha value is -4.10. The molecule has 0 aliphatic carbocycles. The van der Waals surface area contributed by atoms with Crippen LogP contribution in [-0.2, 0) is 20.5 Å². The second kappa shape index (κ2) is 15.5. The van der Waals surface area contributed by atoms with E-state index in [0.29, 0.717) is 35.4 Å². The van der Waals surface area contributed by atoms with Gasteiger partial charge in [0.05, 0.1) is 12.2 Å². The maximum absolute atomic E-state index is 12.2. The van der Waals surface area contributed by atoms with E-state index in [0.717, 1.165) is 24.0 Å². The maximum atomic E-state index is 12.2. The lowest BCUT2D eigenvalue weighted by molar-refractivity contribution is -0.207. The van der Waals surface area contributed by atoms with Crippen LogP contribution in [0.4, 0.5) is 0 Å². The number of hydrogen-bond acceptors (Lipinski definition) is 7. The Kier molecular flexibility index (Phi) is 11.7. The van der Waals surface area contributed by atoms with Gasteiger partial charge in [-0.15, -0.1) is 0 Å². The minimum Gasteiger partial charge on any atom is -0.426 e. The van der Waals surface area contributed by atoms with Crippen LogP contribution in [0.25, 0.3) is 34.2 Å². The van der Waals surface area contributed by atoms with Crippen LogP contribution in [0.1, 0.15) is 105 Å². The molecule has 0 atom stereocenters. The molecule has 0 aliphatic heterocycles. The zero-order valence-electron chi connectivity index (χ0n) is 28.8. The highest BCUT2D eigenvalue weighted by atomic mass is 17.2. The maximum Gasteiger partial charge on any atom is 0.308 e. The molecular weight excluding hydrogens is 574 g/mol. The molecule has 0 unspecified atom stereocenters. The van der Waals surface area contributed by atoms with Crippen molar-refractivity contribution in [2.75, 3.05) is 6.61 Å². The van der Waals surface area contributed by atoms with Crippen molar-refractivity contribution in [1.29, 1.82) is 0 Å². The molecule has 0 aliphatic rings. The molecule has 46 heavy (non-hydrogen) atoms. The van der Waals surface area contributed by atoms with Crippen molar-refractivity contribution in [3.05, 3.63) is 77.9 Å². The van der Waals surface area contributed by atoms with Gasteiger partial charge in [-0.1, -0.05) is 129 Å². The number of benzene rings is 3. The zero-order chi connectivity index (χ0) is 33.3. The normalized spacial score (nSPS) is 11.8. The first-order chi connectivity index (χ1) is 21.8. The Morgan fingerprint density at radius 3 is 1.65 bits per heavy atom. The van der Waals surface area contributed by atoms with Crippen molar-refractivity contribution in [2.24, 2.45) is 0 Å². The summed E-state index contributed by atoms with van der Waals surface area (Å²) >= 11 is 0. The van der Waals surface area contributed by atoms with Gasteiger partial charge in [0.2, 0.25) is 0 Å². The lowest BCUT2D eigenvalue weighted by atomic mass is 9.86. The Labute approximate surface area is 274 Å². The van der Waals surface area contributed by atoms with Crippen molar-refractivity contribution in [2.45, 2.75) is 105 Å². The Morgan fingerprint density at radius 1 is 0.652 bits per heavy atom. The number of rotatable bonds is 13. The van der Waals surface area contributed by atoms with Gasteiger partial charge in [0, 0.05) is 24.1 Å². The van der Waals surface area contributed by atoms with E-state index in [4.69, 9.17) is 29.5 Å². The number of ether oxygens (including phenoxy) is 1. The highest BCUT2D eigenvalue weighted by molar-refractivity contribution is 5.76. The second-order valence-electron chi connectivity index (χ2n) is 13.9. The highest BCUT2D eigenvalue weighted by Crippen LogP contribution is 2.35. The SMILES string of the molecule is CCCCCCCCOOc1ccc(-c2nc(-c3ccc(C(C)(C)C)cc3)nc(-c3ccc(C(C)(C)C)cc3)n2)c(OC(C)=O)c1. The van der Waals surface area contributed by atoms with Gasteiger partial charge in [0.25, 0.3) is 0 Å². The summed E-state index contributed by atoms with van der Waals surface area (Å²) < 4.78 is 5.65. The summed E-state index contributed by atoms with van der Waals surface area (Å²) in [6.45, 7) is 17.2. The number of hydrogen-bond donors (Lipinski definition) is 0. The van der Waals surface area contributed by atoms with Gasteiger partial charge >= 0.3 is 5.97 Å². The van der Waals surface area contributed by atoms with Crippen LogP contribution in [0.15, 0.2) is 66.7 Å². The molecule has 0 saturated carbocycles. The number of nitrogens with zero attached hydrogens (tertiary/aromatic N) is 3. The van der Waals surface area contributed by atoms with E-state index in [1.165, 1.54) is 43.7 Å². The topological polar surface area (TPSA) is 83.4 Å². The quantitative estimate of drug-likeness (QED) is 0.0482. The number of carbonyl (C=O) groups is 1. The van der Waals surface area contributed by atoms with Gasteiger partial charge in [-0.05, 0) is 40.5 Å². The molecule has 7 heteroatoms. The number of esters is 1. The molecule has 0 amide bonds. The van der Waals surface area contributed by atoms with Crippen molar-refractivity contribution in [3.63, 3.8) is 0 Å². The van der Waals surface area contributed by atoms with Crippen LogP contribution in [0.2, 0.25) is 0 Å². The van der Waals surface area contributed by atoms with Gasteiger partial charge in [-0.2, -0.15) is 4.89 Å². The van der Waals surface area contributed by atoms with Crippen molar-refractivity contribution in [1.82, 2.24) is 15.0 Å². The molecule has 0 bridgehead atoms. The van der Waals surface area contributed by atoms with E-state index < -0.39 is 5.97 Å². The molecule has 0 radical (unpaired) electrons. The lowest BCUT2D eigenvalue weighted by Crippen LogP contribution is -2.11. The van der Waals surface area contributed by atoms with Gasteiger partial charge < -0.3 is 9.62 Å². The van der Waals surface area contributed by atoms with Crippen molar-refractivity contribution >= 4 is 5.97 Å². The average Bonchev–Trinajstić information content (AvgIpc) is 3.01. The first kappa shape index (κ1) is 34.8. The third kappa shape index (κ3) is 9.70. The highest BCUT2D eigenvalue weighted by Gasteiger charge is 2.20. The molecule has 3 aromatic carbocycles. The van der Waals surface area contributed by atoms with Crippen LogP contribution < -0.4 is 9.62 Å². The summed E-state index contributed by atoms with van der Waals surface area (Å²) in [5.74, 6) is 1.68. The van der Waals surface area contributed by atoms with E-state index in [9.17, 15) is 4.79 Å². The zero-order valence-corrected chi connectivity index (χ0v) is 28.8. The van der Waals surface area contributed by atoms with Crippen LogP contribution in [0.5, 0.6) is 11.5 Å². The fraction of sp³-hybridized carbons (Fsp3) is 0.436. The minimum atomic E-state index is -0.462. The minimum absolute atomic E-state index is 0.0177. The lowest BCUT2D eigenvalue weighted by Gasteiger charge is -2.19. The summed E-state index contributed by atoms with van der Waals surface area (Å²) in [6.07, 6.45) is 6.95. The molecule has 4 rings (SSSR count). The summed E-state index contributed by atoms with van der Waals surface area (Å²) in [5.41, 5.74) is 4.74. The molecule has 0 N–H and O–H groups in total. The molecule has 4 aromatic rings. The molecule has 0 spiro atoms. The Balaban J connectivity index is 1.69. The Bertz CT molecular complexity index is 1510. The Morgan fingerprint density at radius 2 is 1.15 bits per heavy atom. The van der Waals surface area contributed by atoms with Gasteiger partial charge in [-0.3, -0.25) is 4.79 Å². The number of unbranched alkanes of at least 4 members (excludes halogenated alkanes) is 5. The fourth-order valence-electron chi connectivity index (χ4n) is 5.02. The second-order valence-corrected chi connectivity index (χ2v) is 13.9. The fourth-order valence-corrected chi connectivity index (χ4v) is 5.02. The van der Waals surface area contributed by atoms with Gasteiger partial charge in [0.15, 0.2) is 23.2 Å². The molecule has 1 heterocycles. The first-order valence-corrected chi connectivity index (χ1v) is 16.5. The standard InChI is InChI=1S/C39H49N3O4/c1-9-10-11-12-13-14-25-44-46-32-23-24-33(34(26-32)45-27(2)43)37-41-35(28-15-19-30(20-16-28)38(3,4)5)40-36(42-37)29-17-21-31(22-18-29)39(6,7)8/h15-24,26H,9-14,25H2,1-8H3. The van der Waals surface area contributed by atoms with E-state index in [1.54, 1.807) is 18.2 Å². The molecule has 1 aromatic heterocycles. The molecule has 0 fully saturated rings. The predicted octanol–water partition coefficient (Wildman–Crippen LogP) is 10.1. The third-order valence-electron chi connectivity index (χ3n) is 7.84. The summed E-state index contributed by atoms with van der Waals surface area (Å²) in [5, 5.41) is 0. The van der Waals surface area contributed by atoms with Gasteiger partial charge in [0.1, 0.15) is 5.75 Å². The van der Waals surface area contributed by atoms with Crippen LogP contribution >= 0.6 is 0 Å². The molecule has 7 nitrogen and oxygen atoms in total. The van der Waals surface area contributed by atoms with Crippen LogP contribution in [0.3, 0.4) is 0 Å². The average molecular weight is 624 g/mol. The summed E-state index contributed by atoms with van der Waals surface area (Å²) in [6, 6.07) is 21.8. The van der Waals surface area contributed by atoms with Crippen molar-refractivity contribution in [3.8, 4) is 45.7 Å². The van der Waals surface area contributed by atoms with E-state index in [1.807, 2.05) is 24.3 Å². The smallest absolute Gasteiger partial charge is 0.308 e. The summed E-state index contributed by atoms with van der Waals surface area (Å²) in [7, 11) is 0. The molecular formula is C39H49N3O4. The summed E-state index contributed by atoms with van der Waals surface area (Å²) in [4.78, 5) is 37.9. The third-order valence-corrected chi connectivity index (χ3v) is 7.84. The largest absolute Gasteiger partial charge is 0.426 e. The predicted molar refractivity (Wildman–Crippen MR) is 185 cm³/mol. The first-order valence-electron chi connectivity index (χ1n) is 16.5. The van der Waals surface area contributed by atoms with Crippen LogP contribution in [0, 0.1) is 0 Å². The molecule has 244 valence electrons. The van der Waals surface area contributed by atoms with Crippen LogP contribution in [-0.4, -0.2) is 27.5 Å². The van der Waals surface area contributed by atoms with E-state index in [-0.39, 0.29) is 16.6 Å². The van der Waals surface area contributed by atoms with E-state index >= 15 is 0 Å². The monoisotopic (exact) mass is 623 g/mol. The van der Waals surface area contributed by atoms with Crippen molar-refractivity contribution < 1.29 is 19.3 Å². The number of aromatic nitrogens is 3. The van der Waals surface area contributed by atoms with Gasteiger partial charge in [-0.25, -0.2) is 15.0 Å². The van der Waals surface area contributed by atoms with E-state index in [2.05, 4.69) is 72.7 Å².